The molecule has 412 valence electrons. The van der Waals surface area contributed by atoms with E-state index in [2.05, 4.69) is 318 Å². The molecule has 0 N–H and O–H groups in total. The van der Waals surface area contributed by atoms with E-state index in [4.69, 9.17) is 9.15 Å². The Kier molecular flexibility index (Phi) is 11.3. The van der Waals surface area contributed by atoms with Crippen LogP contribution in [0.1, 0.15) is 49.9 Å². The van der Waals surface area contributed by atoms with E-state index < -0.39 is 0 Å². The molecule has 14 aromatic rings. The standard InChI is InChI=1S/C84H59NO2/c1-83(2)72-27-14-11-22-64(72)66-42-38-58(48-74(66)83)60-40-44-76-79(50-60)86-80-51-61(59-39-43-67-65-23-12-15-28-73(65)84(3,4)75(67)49-59)41-45-77(80)85(76)81-70(56-34-30-54(31-35-56)52-18-7-5-8-19-52)46-62(63-25-17-26-69-68-24-13-16-29-78(68)87-82(63)69)47-71(81)57-36-32-55(33-37-57)53-20-9-6-10-21-53/h5-51H,1-4H3. The third-order valence-corrected chi connectivity index (χ3v) is 19.1. The monoisotopic (exact) mass is 1110 g/mol. The maximum atomic E-state index is 7.46. The molecular weight excluding hydrogens is 1050 g/mol. The lowest BCUT2D eigenvalue weighted by atomic mass is 9.81. The van der Waals surface area contributed by atoms with Gasteiger partial charge in [0.05, 0.1) is 17.1 Å². The second-order valence-electron chi connectivity index (χ2n) is 24.8. The molecule has 0 amide bonds. The Bertz CT molecular complexity index is 4840. The molecule has 3 nitrogen and oxygen atoms in total. The molecule has 87 heavy (non-hydrogen) atoms. The molecule has 0 atom stereocenters. The number of hydrogen-bond acceptors (Lipinski definition) is 3. The highest BCUT2D eigenvalue weighted by molar-refractivity contribution is 6.11. The molecule has 0 fully saturated rings. The molecule has 0 radical (unpaired) electrons. The topological polar surface area (TPSA) is 25.6 Å². The van der Waals surface area contributed by atoms with Crippen molar-refractivity contribution in [3.8, 4) is 112 Å². The SMILES string of the molecule is CC1(C)c2ccccc2-c2ccc(-c3ccc4c(c3)Oc3cc(-c5ccc6c(c5)C(C)(C)c5ccccc5-6)ccc3N4c3c(-c4ccc(-c5ccccc5)cc4)cc(-c4cccc5c4oc4ccccc45)cc3-c3ccc(-c4ccccc4)cc3)cc21. The number of para-hydroxylation sites is 2. The van der Waals surface area contributed by atoms with Crippen LogP contribution in [0.15, 0.2) is 290 Å². The molecule has 2 aliphatic carbocycles. The van der Waals surface area contributed by atoms with Gasteiger partial charge in [-0.25, -0.2) is 0 Å². The lowest BCUT2D eigenvalue weighted by Gasteiger charge is -2.36. The molecular formula is C84H59NO2. The largest absolute Gasteiger partial charge is 0.455 e. The van der Waals surface area contributed by atoms with Crippen molar-refractivity contribution in [1.29, 1.82) is 0 Å². The zero-order valence-electron chi connectivity index (χ0n) is 48.9. The van der Waals surface area contributed by atoms with Gasteiger partial charge < -0.3 is 14.1 Å². The van der Waals surface area contributed by atoms with E-state index in [1.807, 2.05) is 0 Å². The molecule has 1 aromatic heterocycles. The van der Waals surface area contributed by atoms with Crippen LogP contribution < -0.4 is 9.64 Å². The number of rotatable bonds is 8. The molecule has 0 saturated carbocycles. The summed E-state index contributed by atoms with van der Waals surface area (Å²) in [6, 6.07) is 105. The molecule has 1 aliphatic heterocycles. The van der Waals surface area contributed by atoms with E-state index in [1.54, 1.807) is 0 Å². The smallest absolute Gasteiger partial charge is 0.152 e. The first-order valence-corrected chi connectivity index (χ1v) is 30.3. The second kappa shape index (κ2) is 19.4. The summed E-state index contributed by atoms with van der Waals surface area (Å²) >= 11 is 0. The van der Waals surface area contributed by atoms with Gasteiger partial charge in [-0.05, 0) is 160 Å². The predicted octanol–water partition coefficient (Wildman–Crippen LogP) is 23.4. The van der Waals surface area contributed by atoms with E-state index >= 15 is 0 Å². The highest BCUT2D eigenvalue weighted by Gasteiger charge is 2.38. The van der Waals surface area contributed by atoms with Gasteiger partial charge in [0.25, 0.3) is 0 Å². The lowest BCUT2D eigenvalue weighted by Crippen LogP contribution is -2.18. The quantitative estimate of drug-likeness (QED) is 0.152. The van der Waals surface area contributed by atoms with Crippen LogP contribution in [0.4, 0.5) is 17.1 Å². The molecule has 2 heterocycles. The van der Waals surface area contributed by atoms with Gasteiger partial charge in [0.15, 0.2) is 11.5 Å². The molecule has 0 bridgehead atoms. The summed E-state index contributed by atoms with van der Waals surface area (Å²) < 4.78 is 14.3. The third-order valence-electron chi connectivity index (χ3n) is 19.1. The van der Waals surface area contributed by atoms with Crippen LogP contribution in [-0.2, 0) is 10.8 Å². The Balaban J connectivity index is 0.916. The van der Waals surface area contributed by atoms with E-state index in [9.17, 15) is 0 Å². The third kappa shape index (κ3) is 8.03. The van der Waals surface area contributed by atoms with Crippen LogP contribution >= 0.6 is 0 Å². The second-order valence-corrected chi connectivity index (χ2v) is 24.8. The van der Waals surface area contributed by atoms with Crippen molar-refractivity contribution < 1.29 is 9.15 Å². The van der Waals surface area contributed by atoms with Gasteiger partial charge in [0, 0.05) is 38.3 Å². The van der Waals surface area contributed by atoms with Crippen LogP contribution in [0.2, 0.25) is 0 Å². The number of benzene rings is 13. The minimum absolute atomic E-state index is 0.151. The van der Waals surface area contributed by atoms with Gasteiger partial charge in [-0.1, -0.05) is 258 Å². The van der Waals surface area contributed by atoms with E-state index in [0.29, 0.717) is 0 Å². The number of ether oxygens (including phenoxy) is 1. The fraction of sp³-hybridized carbons (Fsp3) is 0.0714. The highest BCUT2D eigenvalue weighted by Crippen LogP contribution is 2.59. The van der Waals surface area contributed by atoms with Crippen LogP contribution in [0.25, 0.3) is 122 Å². The zero-order chi connectivity index (χ0) is 58.1. The summed E-state index contributed by atoms with van der Waals surface area (Å²) in [5.41, 5.74) is 30.5. The highest BCUT2D eigenvalue weighted by atomic mass is 16.5. The molecule has 0 unspecified atom stereocenters. The summed E-state index contributed by atoms with van der Waals surface area (Å²) in [4.78, 5) is 2.49. The lowest BCUT2D eigenvalue weighted by molar-refractivity contribution is 0.477. The number of anilines is 3. The molecule has 17 rings (SSSR count). The van der Waals surface area contributed by atoms with Crippen molar-refractivity contribution in [3.05, 3.63) is 307 Å². The van der Waals surface area contributed by atoms with Gasteiger partial charge in [0.2, 0.25) is 0 Å². The van der Waals surface area contributed by atoms with Crippen molar-refractivity contribution in [2.24, 2.45) is 0 Å². The Morgan fingerprint density at radius 2 is 0.655 bits per heavy atom. The van der Waals surface area contributed by atoms with Crippen molar-refractivity contribution in [1.82, 2.24) is 0 Å². The van der Waals surface area contributed by atoms with Crippen molar-refractivity contribution in [2.45, 2.75) is 38.5 Å². The van der Waals surface area contributed by atoms with Crippen LogP contribution in [0.5, 0.6) is 11.5 Å². The van der Waals surface area contributed by atoms with E-state index in [-0.39, 0.29) is 10.8 Å². The summed E-state index contributed by atoms with van der Waals surface area (Å²) in [5.74, 6) is 1.55. The summed E-state index contributed by atoms with van der Waals surface area (Å²) in [6.45, 7) is 9.42. The average molecular weight is 1110 g/mol. The van der Waals surface area contributed by atoms with Crippen LogP contribution in [0, 0.1) is 0 Å². The number of hydrogen-bond donors (Lipinski definition) is 0. The minimum Gasteiger partial charge on any atom is -0.455 e. The summed E-state index contributed by atoms with van der Waals surface area (Å²) in [7, 11) is 0. The molecule has 3 heteroatoms. The maximum absolute atomic E-state index is 7.46. The number of furan rings is 1. The van der Waals surface area contributed by atoms with E-state index in [1.165, 1.54) is 55.6 Å². The van der Waals surface area contributed by atoms with Gasteiger partial charge >= 0.3 is 0 Å². The maximum Gasteiger partial charge on any atom is 0.152 e. The molecule has 0 spiro atoms. The number of nitrogens with zero attached hydrogens (tertiary/aromatic N) is 1. The summed E-state index contributed by atoms with van der Waals surface area (Å²) in [5, 5.41) is 2.19. The van der Waals surface area contributed by atoms with Gasteiger partial charge in [-0.15, -0.1) is 0 Å². The normalized spacial score (nSPS) is 13.8. The average Bonchev–Trinajstić information content (AvgIpc) is 2.25. The first-order chi connectivity index (χ1) is 42.6. The van der Waals surface area contributed by atoms with Gasteiger partial charge in [0.1, 0.15) is 11.2 Å². The first kappa shape index (κ1) is 50.7. The Morgan fingerprint density at radius 3 is 1.18 bits per heavy atom. The minimum atomic E-state index is -0.151. The predicted molar refractivity (Wildman–Crippen MR) is 362 cm³/mol. The van der Waals surface area contributed by atoms with Gasteiger partial charge in [-0.3, -0.25) is 0 Å². The van der Waals surface area contributed by atoms with Crippen LogP contribution in [0.3, 0.4) is 0 Å². The Morgan fingerprint density at radius 1 is 0.264 bits per heavy atom. The van der Waals surface area contributed by atoms with E-state index in [0.717, 1.165) is 117 Å². The van der Waals surface area contributed by atoms with Gasteiger partial charge in [-0.2, -0.15) is 0 Å². The Labute approximate surface area is 507 Å². The first-order valence-electron chi connectivity index (χ1n) is 30.3. The fourth-order valence-electron chi connectivity index (χ4n) is 14.6. The number of fused-ring (bicyclic) bond motifs is 11. The zero-order valence-corrected chi connectivity index (χ0v) is 48.9. The fourth-order valence-corrected chi connectivity index (χ4v) is 14.6. The van der Waals surface area contributed by atoms with Crippen molar-refractivity contribution in [3.63, 3.8) is 0 Å². The molecule has 13 aromatic carbocycles. The molecule has 0 saturated heterocycles. The van der Waals surface area contributed by atoms with Crippen molar-refractivity contribution >= 4 is 39.0 Å². The van der Waals surface area contributed by atoms with Crippen LogP contribution in [-0.4, -0.2) is 0 Å². The molecule has 3 aliphatic rings. The Hall–Kier alpha value is -10.7. The van der Waals surface area contributed by atoms with Crippen molar-refractivity contribution in [2.75, 3.05) is 4.90 Å². The summed E-state index contributed by atoms with van der Waals surface area (Å²) in [6.07, 6.45) is 0.